The molecule has 18 heavy (non-hydrogen) atoms. The lowest BCUT2D eigenvalue weighted by Crippen LogP contribution is -2.42. The summed E-state index contributed by atoms with van der Waals surface area (Å²) < 4.78 is 21.3. The summed E-state index contributed by atoms with van der Waals surface area (Å²) in [5, 5.41) is 9.85. The van der Waals surface area contributed by atoms with Crippen molar-refractivity contribution in [2.24, 2.45) is 0 Å². The van der Waals surface area contributed by atoms with Crippen molar-refractivity contribution in [1.29, 1.82) is 0 Å². The fourth-order valence-electron chi connectivity index (χ4n) is 2.15. The number of aliphatic hydroxyl groups excluding tert-OH is 1. The van der Waals surface area contributed by atoms with Crippen LogP contribution in [0.2, 0.25) is 0 Å². The van der Waals surface area contributed by atoms with Crippen LogP contribution in [0.25, 0.3) is 0 Å². The third-order valence-electron chi connectivity index (χ3n) is 3.22. The summed E-state index contributed by atoms with van der Waals surface area (Å²) in [6.45, 7) is 3.01. The van der Waals surface area contributed by atoms with Crippen LogP contribution in [-0.4, -0.2) is 32.5 Å². The number of alkyl halides is 1. The van der Waals surface area contributed by atoms with Crippen LogP contribution in [0.3, 0.4) is 0 Å². The molecule has 7 heteroatoms. The number of ether oxygens (including phenoxy) is 1. The molecule has 1 aliphatic heterocycles. The van der Waals surface area contributed by atoms with E-state index >= 15 is 0 Å². The number of halogens is 1. The second kappa shape index (κ2) is 4.56. The first-order chi connectivity index (χ1) is 8.37. The topological polar surface area (TPSA) is 67.2 Å². The molecular weight excluding hydrogens is 259 g/mol. The molecule has 0 radical (unpaired) electrons. The zero-order chi connectivity index (χ0) is 13.5. The Morgan fingerprint density at radius 2 is 2.39 bits per heavy atom. The number of rotatable bonds is 2. The highest BCUT2D eigenvalue weighted by Gasteiger charge is 2.54. The van der Waals surface area contributed by atoms with Crippen molar-refractivity contribution in [3.05, 3.63) is 27.4 Å². The number of aromatic amines is 1. The van der Waals surface area contributed by atoms with Crippen molar-refractivity contribution in [2.45, 2.75) is 44.4 Å². The fraction of sp³-hybridized carbons (Fsp3) is 0.636. The second-order valence-corrected chi connectivity index (χ2v) is 4.99. The molecule has 0 amide bonds. The van der Waals surface area contributed by atoms with Crippen LogP contribution >= 0.6 is 12.2 Å². The molecule has 2 rings (SSSR count). The van der Waals surface area contributed by atoms with E-state index in [0.717, 1.165) is 4.57 Å². The third-order valence-corrected chi connectivity index (χ3v) is 3.46. The van der Waals surface area contributed by atoms with E-state index in [9.17, 15) is 14.3 Å². The van der Waals surface area contributed by atoms with E-state index in [2.05, 4.69) is 4.98 Å². The molecule has 1 saturated heterocycles. The molecule has 4 atom stereocenters. The molecule has 0 bridgehead atoms. The summed E-state index contributed by atoms with van der Waals surface area (Å²) >= 11 is 4.81. The molecule has 0 spiro atoms. The van der Waals surface area contributed by atoms with E-state index in [1.165, 1.54) is 19.2 Å². The monoisotopic (exact) mass is 274 g/mol. The Morgan fingerprint density at radius 1 is 1.72 bits per heavy atom. The number of aromatic nitrogens is 2. The van der Waals surface area contributed by atoms with E-state index < -0.39 is 29.8 Å². The number of hydrogen-bond donors (Lipinski definition) is 2. The van der Waals surface area contributed by atoms with Gasteiger partial charge in [0.25, 0.3) is 0 Å². The summed E-state index contributed by atoms with van der Waals surface area (Å²) in [5.74, 6) is 0. The molecule has 1 unspecified atom stereocenters. The molecule has 1 aromatic rings. The van der Waals surface area contributed by atoms with Gasteiger partial charge in [-0.1, -0.05) is 19.1 Å². The van der Waals surface area contributed by atoms with Gasteiger partial charge in [-0.05, 0) is 19.4 Å². The van der Waals surface area contributed by atoms with Gasteiger partial charge in [-0.15, -0.1) is 0 Å². The van der Waals surface area contributed by atoms with Gasteiger partial charge in [-0.25, -0.2) is 9.18 Å². The van der Waals surface area contributed by atoms with Gasteiger partial charge in [0.05, 0.1) is 6.10 Å². The van der Waals surface area contributed by atoms with E-state index in [0.29, 0.717) is 6.42 Å². The maximum atomic E-state index is 14.5. The SMILES string of the molecule is CC[C@H]1O[C@@H](n2ccc(=S)[nH]c2=O)C(C)(F)[C@H]1O. The Balaban J connectivity index is 2.45. The van der Waals surface area contributed by atoms with Crippen molar-refractivity contribution in [1.82, 2.24) is 9.55 Å². The molecule has 0 aliphatic carbocycles. The van der Waals surface area contributed by atoms with Crippen molar-refractivity contribution in [2.75, 3.05) is 0 Å². The second-order valence-electron chi connectivity index (χ2n) is 4.55. The van der Waals surface area contributed by atoms with E-state index in [1.807, 2.05) is 0 Å². The molecule has 1 aromatic heterocycles. The average Bonchev–Trinajstić information content (AvgIpc) is 2.52. The minimum absolute atomic E-state index is 0.266. The first-order valence-electron chi connectivity index (χ1n) is 5.71. The summed E-state index contributed by atoms with van der Waals surface area (Å²) in [5.41, 5.74) is -2.58. The van der Waals surface area contributed by atoms with Crippen LogP contribution in [0.5, 0.6) is 0 Å². The lowest BCUT2D eigenvalue weighted by molar-refractivity contribution is -0.0510. The Hall–Kier alpha value is -1.05. The van der Waals surface area contributed by atoms with Gasteiger partial charge >= 0.3 is 5.69 Å². The van der Waals surface area contributed by atoms with Gasteiger partial charge < -0.3 is 9.84 Å². The lowest BCUT2D eigenvalue weighted by atomic mass is 9.97. The zero-order valence-corrected chi connectivity index (χ0v) is 10.9. The Labute approximate surface area is 108 Å². The Kier molecular flexibility index (Phi) is 3.39. The molecule has 2 N–H and O–H groups in total. The van der Waals surface area contributed by atoms with Crippen LogP contribution in [0.4, 0.5) is 4.39 Å². The van der Waals surface area contributed by atoms with Crippen LogP contribution in [-0.2, 0) is 4.74 Å². The Morgan fingerprint density at radius 3 is 2.89 bits per heavy atom. The van der Waals surface area contributed by atoms with Crippen LogP contribution in [0.15, 0.2) is 17.1 Å². The predicted molar refractivity (Wildman–Crippen MR) is 65.6 cm³/mol. The fourth-order valence-corrected chi connectivity index (χ4v) is 2.30. The van der Waals surface area contributed by atoms with Gasteiger partial charge in [0, 0.05) is 6.20 Å². The van der Waals surface area contributed by atoms with Gasteiger partial charge in [-0.2, -0.15) is 0 Å². The van der Waals surface area contributed by atoms with Crippen molar-refractivity contribution < 1.29 is 14.2 Å². The molecule has 100 valence electrons. The van der Waals surface area contributed by atoms with E-state index in [1.54, 1.807) is 6.92 Å². The number of nitrogens with one attached hydrogen (secondary N) is 1. The molecule has 2 heterocycles. The molecule has 1 fully saturated rings. The van der Waals surface area contributed by atoms with Crippen LogP contribution < -0.4 is 5.69 Å². The number of nitrogens with zero attached hydrogens (tertiary/aromatic N) is 1. The van der Waals surface area contributed by atoms with Gasteiger partial charge in [-0.3, -0.25) is 9.55 Å². The quantitative estimate of drug-likeness (QED) is 0.798. The smallest absolute Gasteiger partial charge is 0.328 e. The maximum Gasteiger partial charge on any atom is 0.328 e. The summed E-state index contributed by atoms with van der Waals surface area (Å²) in [6.07, 6.45) is -1.21. The van der Waals surface area contributed by atoms with Gasteiger partial charge in [0.1, 0.15) is 10.7 Å². The van der Waals surface area contributed by atoms with Crippen LogP contribution in [0.1, 0.15) is 26.5 Å². The molecule has 0 saturated carbocycles. The zero-order valence-electron chi connectivity index (χ0n) is 10.1. The number of H-pyrrole nitrogens is 1. The van der Waals surface area contributed by atoms with Gasteiger partial charge in [0.2, 0.25) is 0 Å². The minimum atomic E-state index is -2.03. The maximum absolute atomic E-state index is 14.5. The summed E-state index contributed by atoms with van der Waals surface area (Å²) in [7, 11) is 0. The third kappa shape index (κ3) is 2.02. The average molecular weight is 274 g/mol. The predicted octanol–water partition coefficient (Wildman–Crippen LogP) is 1.30. The first-order valence-corrected chi connectivity index (χ1v) is 6.12. The Bertz CT molecular complexity index is 554. The molecule has 1 aliphatic rings. The highest BCUT2D eigenvalue weighted by Crippen LogP contribution is 2.41. The number of aliphatic hydroxyl groups is 1. The van der Waals surface area contributed by atoms with Crippen molar-refractivity contribution in [3.8, 4) is 0 Å². The van der Waals surface area contributed by atoms with Crippen molar-refractivity contribution in [3.63, 3.8) is 0 Å². The molecular formula is C11H15FN2O3S. The highest BCUT2D eigenvalue weighted by molar-refractivity contribution is 7.71. The molecule has 5 nitrogen and oxygen atoms in total. The first kappa shape index (κ1) is 13.4. The standard InChI is InChI=1S/C11H15FN2O3S/c1-3-6-8(15)11(2,12)9(17-6)14-5-4-7(18)13-10(14)16/h4-6,8-9,15H,3H2,1-2H3,(H,13,16,18)/t6-,8+,9-,11?/m1/s1. The van der Waals surface area contributed by atoms with Gasteiger partial charge in [0.15, 0.2) is 11.9 Å². The molecule has 0 aromatic carbocycles. The minimum Gasteiger partial charge on any atom is -0.387 e. The summed E-state index contributed by atoms with van der Waals surface area (Å²) in [4.78, 5) is 14.1. The lowest BCUT2D eigenvalue weighted by Gasteiger charge is -2.24. The summed E-state index contributed by atoms with van der Waals surface area (Å²) in [6, 6.07) is 1.47. The van der Waals surface area contributed by atoms with E-state index in [-0.39, 0.29) is 4.64 Å². The largest absolute Gasteiger partial charge is 0.387 e. The van der Waals surface area contributed by atoms with Crippen LogP contribution in [0, 0.1) is 4.64 Å². The van der Waals surface area contributed by atoms with E-state index in [4.69, 9.17) is 17.0 Å². The highest BCUT2D eigenvalue weighted by atomic mass is 32.1. The van der Waals surface area contributed by atoms with Crippen molar-refractivity contribution >= 4 is 12.2 Å². The number of hydrogen-bond acceptors (Lipinski definition) is 4. The normalized spacial score (nSPS) is 35.9.